The molecule has 4 rings (SSSR count). The summed E-state index contributed by atoms with van der Waals surface area (Å²) in [5.41, 5.74) is 1.58. The van der Waals surface area contributed by atoms with Crippen LogP contribution in [0.1, 0.15) is 48.2 Å². The van der Waals surface area contributed by atoms with Crippen LogP contribution in [0.25, 0.3) is 0 Å². The van der Waals surface area contributed by atoms with Crippen LogP contribution in [-0.2, 0) is 16.0 Å². The molecule has 176 valence electrons. The first-order valence-corrected chi connectivity index (χ1v) is 11.8. The minimum Gasteiger partial charge on any atom is -0.394 e. The number of ether oxygens (including phenoxy) is 1. The van der Waals surface area contributed by atoms with Crippen LogP contribution < -0.4 is 5.32 Å². The maximum absolute atomic E-state index is 12.9. The van der Waals surface area contributed by atoms with Crippen molar-refractivity contribution in [2.75, 3.05) is 19.7 Å². The SMILES string of the molecule is O=C(N[C@@H]1CC[C@H](CC(=O)N2CCC(Cc3ccccc3)CC2)O[C@H]1CO)c1cnccn1. The average molecular weight is 453 g/mol. The van der Waals surface area contributed by atoms with Crippen molar-refractivity contribution in [3.05, 3.63) is 60.2 Å². The van der Waals surface area contributed by atoms with Gasteiger partial charge in [-0.3, -0.25) is 14.6 Å². The Balaban J connectivity index is 1.22. The molecular formula is C25H32N4O4. The summed E-state index contributed by atoms with van der Waals surface area (Å²) in [6.45, 7) is 1.34. The molecule has 0 saturated carbocycles. The van der Waals surface area contributed by atoms with Crippen molar-refractivity contribution >= 4 is 11.8 Å². The Kier molecular flexibility index (Phi) is 8.01. The maximum Gasteiger partial charge on any atom is 0.271 e. The van der Waals surface area contributed by atoms with Crippen molar-refractivity contribution in [2.24, 2.45) is 5.92 Å². The third-order valence-electron chi connectivity index (χ3n) is 6.64. The number of amides is 2. The highest BCUT2D eigenvalue weighted by Gasteiger charge is 2.34. The normalized spacial score (nSPS) is 23.8. The number of likely N-dealkylation sites (tertiary alicyclic amines) is 1. The summed E-state index contributed by atoms with van der Waals surface area (Å²) in [7, 11) is 0. The van der Waals surface area contributed by atoms with Crippen molar-refractivity contribution in [1.82, 2.24) is 20.2 Å². The average Bonchev–Trinajstić information content (AvgIpc) is 2.86. The van der Waals surface area contributed by atoms with Gasteiger partial charge in [-0.25, -0.2) is 4.98 Å². The van der Waals surface area contributed by atoms with Crippen LogP contribution in [-0.4, -0.2) is 69.7 Å². The second kappa shape index (κ2) is 11.3. The first-order valence-electron chi connectivity index (χ1n) is 11.8. The Morgan fingerprint density at radius 3 is 2.58 bits per heavy atom. The van der Waals surface area contributed by atoms with E-state index in [0.717, 1.165) is 32.4 Å². The van der Waals surface area contributed by atoms with Gasteiger partial charge in [-0.05, 0) is 43.6 Å². The minimum atomic E-state index is -0.547. The first kappa shape index (κ1) is 23.3. The molecule has 3 heterocycles. The van der Waals surface area contributed by atoms with E-state index in [0.29, 0.717) is 25.2 Å². The van der Waals surface area contributed by atoms with Gasteiger partial charge in [-0.2, -0.15) is 0 Å². The lowest BCUT2D eigenvalue weighted by Crippen LogP contribution is -2.52. The maximum atomic E-state index is 12.9. The summed E-state index contributed by atoms with van der Waals surface area (Å²) in [6, 6.07) is 10.2. The molecule has 0 unspecified atom stereocenters. The zero-order chi connectivity index (χ0) is 23.0. The van der Waals surface area contributed by atoms with Gasteiger partial charge >= 0.3 is 0 Å². The molecule has 1 aromatic heterocycles. The number of aliphatic hydroxyl groups is 1. The number of nitrogens with zero attached hydrogens (tertiary/aromatic N) is 3. The lowest BCUT2D eigenvalue weighted by atomic mass is 9.90. The van der Waals surface area contributed by atoms with E-state index in [1.54, 1.807) is 0 Å². The van der Waals surface area contributed by atoms with Crippen molar-refractivity contribution in [3.8, 4) is 0 Å². The van der Waals surface area contributed by atoms with Gasteiger partial charge in [0.05, 0.1) is 31.4 Å². The van der Waals surface area contributed by atoms with Gasteiger partial charge in [-0.15, -0.1) is 0 Å². The van der Waals surface area contributed by atoms with Crippen LogP contribution in [0.15, 0.2) is 48.9 Å². The van der Waals surface area contributed by atoms with Crippen molar-refractivity contribution in [3.63, 3.8) is 0 Å². The van der Waals surface area contributed by atoms with Crippen LogP contribution in [0.5, 0.6) is 0 Å². The number of aliphatic hydroxyl groups excluding tert-OH is 1. The number of carbonyl (C=O) groups is 2. The Morgan fingerprint density at radius 1 is 1.09 bits per heavy atom. The highest BCUT2D eigenvalue weighted by molar-refractivity contribution is 5.92. The molecule has 0 bridgehead atoms. The molecule has 2 fully saturated rings. The molecule has 2 aromatic rings. The molecule has 2 amide bonds. The quantitative estimate of drug-likeness (QED) is 0.666. The van der Waals surface area contributed by atoms with Gasteiger partial charge in [0, 0.05) is 25.5 Å². The van der Waals surface area contributed by atoms with Crippen LogP contribution in [0.2, 0.25) is 0 Å². The number of hydrogen-bond acceptors (Lipinski definition) is 6. The third-order valence-corrected chi connectivity index (χ3v) is 6.64. The highest BCUT2D eigenvalue weighted by atomic mass is 16.5. The molecule has 0 aliphatic carbocycles. The van der Waals surface area contributed by atoms with E-state index < -0.39 is 6.10 Å². The van der Waals surface area contributed by atoms with E-state index in [-0.39, 0.29) is 36.3 Å². The summed E-state index contributed by atoms with van der Waals surface area (Å²) in [5, 5.41) is 12.7. The summed E-state index contributed by atoms with van der Waals surface area (Å²) >= 11 is 0. The van der Waals surface area contributed by atoms with E-state index in [9.17, 15) is 14.7 Å². The molecule has 2 aliphatic rings. The molecule has 0 spiro atoms. The fourth-order valence-corrected chi connectivity index (χ4v) is 4.76. The number of aromatic nitrogens is 2. The fourth-order valence-electron chi connectivity index (χ4n) is 4.76. The Bertz CT molecular complexity index is 903. The van der Waals surface area contributed by atoms with Gasteiger partial charge in [0.25, 0.3) is 5.91 Å². The van der Waals surface area contributed by atoms with Gasteiger partial charge in [0.2, 0.25) is 5.91 Å². The van der Waals surface area contributed by atoms with Gasteiger partial charge in [0.1, 0.15) is 11.8 Å². The summed E-state index contributed by atoms with van der Waals surface area (Å²) in [6.07, 6.45) is 8.26. The second-order valence-corrected chi connectivity index (χ2v) is 8.95. The molecule has 1 aromatic carbocycles. The molecule has 0 radical (unpaired) electrons. The van der Waals surface area contributed by atoms with Crippen molar-refractivity contribution in [2.45, 2.75) is 56.8 Å². The molecule has 33 heavy (non-hydrogen) atoms. The number of nitrogens with one attached hydrogen (secondary N) is 1. The van der Waals surface area contributed by atoms with Gasteiger partial charge in [0.15, 0.2) is 0 Å². The predicted molar refractivity (Wildman–Crippen MR) is 122 cm³/mol. The Morgan fingerprint density at radius 2 is 1.88 bits per heavy atom. The van der Waals surface area contributed by atoms with E-state index in [1.807, 2.05) is 11.0 Å². The molecule has 2 saturated heterocycles. The third kappa shape index (κ3) is 6.36. The summed E-state index contributed by atoms with van der Waals surface area (Å²) in [5.74, 6) is 0.375. The molecule has 8 heteroatoms. The van der Waals surface area contributed by atoms with E-state index >= 15 is 0 Å². The van der Waals surface area contributed by atoms with Crippen LogP contribution in [0, 0.1) is 5.92 Å². The van der Waals surface area contributed by atoms with E-state index in [1.165, 1.54) is 24.2 Å². The number of benzene rings is 1. The largest absolute Gasteiger partial charge is 0.394 e. The molecule has 2 N–H and O–H groups in total. The van der Waals surface area contributed by atoms with E-state index in [4.69, 9.17) is 4.74 Å². The lowest BCUT2D eigenvalue weighted by Gasteiger charge is -2.37. The van der Waals surface area contributed by atoms with Gasteiger partial charge in [-0.1, -0.05) is 30.3 Å². The first-order chi connectivity index (χ1) is 16.1. The Hall–Kier alpha value is -2.84. The molecule has 3 atom stereocenters. The molecule has 2 aliphatic heterocycles. The zero-order valence-corrected chi connectivity index (χ0v) is 18.8. The van der Waals surface area contributed by atoms with E-state index in [2.05, 4.69) is 39.6 Å². The van der Waals surface area contributed by atoms with Crippen molar-refractivity contribution in [1.29, 1.82) is 0 Å². The second-order valence-electron chi connectivity index (χ2n) is 8.95. The number of carbonyl (C=O) groups excluding carboxylic acids is 2. The Labute approximate surface area is 194 Å². The van der Waals surface area contributed by atoms with Gasteiger partial charge < -0.3 is 20.1 Å². The predicted octanol–water partition coefficient (Wildman–Crippen LogP) is 1.99. The zero-order valence-electron chi connectivity index (χ0n) is 18.8. The number of hydrogen-bond donors (Lipinski definition) is 2. The smallest absolute Gasteiger partial charge is 0.271 e. The topological polar surface area (TPSA) is 105 Å². The molecule has 8 nitrogen and oxygen atoms in total. The monoisotopic (exact) mass is 452 g/mol. The number of piperidine rings is 1. The van der Waals surface area contributed by atoms with Crippen LogP contribution in [0.4, 0.5) is 0 Å². The fraction of sp³-hybridized carbons (Fsp3) is 0.520. The van der Waals surface area contributed by atoms with Crippen LogP contribution >= 0.6 is 0 Å². The number of rotatable bonds is 7. The standard InChI is InChI=1S/C25H32N4O4/c30-17-23-21(28-25(32)22-16-26-10-11-27-22)7-6-20(33-23)15-24(31)29-12-8-19(9-13-29)14-18-4-2-1-3-5-18/h1-5,10-11,16,19-21,23,30H,6-9,12-15,17H2,(H,28,32)/t20-,21-,23+/m1/s1. The summed E-state index contributed by atoms with van der Waals surface area (Å²) < 4.78 is 6.00. The minimum absolute atomic E-state index is 0.108. The highest BCUT2D eigenvalue weighted by Crippen LogP contribution is 2.25. The summed E-state index contributed by atoms with van der Waals surface area (Å²) in [4.78, 5) is 35.1. The van der Waals surface area contributed by atoms with Crippen molar-refractivity contribution < 1.29 is 19.4 Å². The molecular weight excluding hydrogens is 420 g/mol. The lowest BCUT2D eigenvalue weighted by molar-refractivity contribution is -0.141. The van der Waals surface area contributed by atoms with Crippen LogP contribution in [0.3, 0.4) is 0 Å².